The summed E-state index contributed by atoms with van der Waals surface area (Å²) in [5.74, 6) is 0.563. The van der Waals surface area contributed by atoms with E-state index in [4.69, 9.17) is 0 Å². The van der Waals surface area contributed by atoms with Crippen LogP contribution in [-0.2, 0) is 0 Å². The topological polar surface area (TPSA) is 70.4 Å². The Bertz CT molecular complexity index is 478. The summed E-state index contributed by atoms with van der Waals surface area (Å²) in [6.07, 6.45) is 1.15. The zero-order chi connectivity index (χ0) is 14.5. The predicted molar refractivity (Wildman–Crippen MR) is 81.4 cm³/mol. The lowest BCUT2D eigenvalue weighted by Gasteiger charge is -2.15. The lowest BCUT2D eigenvalue weighted by atomic mass is 10.1. The van der Waals surface area contributed by atoms with Crippen LogP contribution in [0, 0.1) is 16.0 Å². The number of nitrogens with zero attached hydrogens (tertiary/aromatic N) is 2. The number of hydrogen-bond donors (Lipinski definition) is 2. The Labute approximate surface area is 119 Å². The first-order valence-electron chi connectivity index (χ1n) is 7.07. The number of anilines is 2. The highest BCUT2D eigenvalue weighted by molar-refractivity contribution is 5.76. The fraction of sp³-hybridized carbons (Fsp3) is 0.571. The summed E-state index contributed by atoms with van der Waals surface area (Å²) in [4.78, 5) is 13.3. The van der Waals surface area contributed by atoms with Crippen molar-refractivity contribution in [3.8, 4) is 0 Å². The molecule has 0 saturated carbocycles. The van der Waals surface area contributed by atoms with E-state index in [0.717, 1.165) is 32.6 Å². The maximum absolute atomic E-state index is 11.2. The molecule has 0 aromatic heterocycles. The number of nitro groups is 1. The first-order chi connectivity index (χ1) is 9.65. The summed E-state index contributed by atoms with van der Waals surface area (Å²) in [6, 6.07) is 5.32. The molecular formula is C14H22N4O2. The van der Waals surface area contributed by atoms with Crippen LogP contribution in [0.15, 0.2) is 18.2 Å². The second kappa shape index (κ2) is 6.56. The molecule has 0 amide bonds. The van der Waals surface area contributed by atoms with E-state index in [2.05, 4.69) is 22.5 Å². The van der Waals surface area contributed by atoms with Gasteiger partial charge in [-0.05, 0) is 37.6 Å². The molecule has 1 aromatic rings. The quantitative estimate of drug-likeness (QED) is 0.617. The Morgan fingerprint density at radius 2 is 2.20 bits per heavy atom. The fourth-order valence-corrected chi connectivity index (χ4v) is 2.71. The van der Waals surface area contributed by atoms with Crippen molar-refractivity contribution in [2.75, 3.05) is 43.9 Å². The van der Waals surface area contributed by atoms with E-state index >= 15 is 0 Å². The van der Waals surface area contributed by atoms with Crippen LogP contribution in [-0.4, -0.2) is 43.0 Å². The van der Waals surface area contributed by atoms with Crippen molar-refractivity contribution in [2.45, 2.75) is 13.3 Å². The summed E-state index contributed by atoms with van der Waals surface area (Å²) in [7, 11) is 1.70. The fourth-order valence-electron chi connectivity index (χ4n) is 2.71. The number of hydrogen-bond acceptors (Lipinski definition) is 5. The van der Waals surface area contributed by atoms with Gasteiger partial charge in [-0.15, -0.1) is 0 Å². The average molecular weight is 278 g/mol. The molecule has 1 fully saturated rings. The number of likely N-dealkylation sites (tertiary alicyclic amines) is 1. The molecule has 1 saturated heterocycles. The van der Waals surface area contributed by atoms with Crippen LogP contribution in [0.25, 0.3) is 0 Å². The third kappa shape index (κ3) is 3.19. The van der Waals surface area contributed by atoms with Crippen molar-refractivity contribution >= 4 is 17.1 Å². The third-order valence-corrected chi connectivity index (χ3v) is 3.89. The molecule has 6 nitrogen and oxygen atoms in total. The molecule has 20 heavy (non-hydrogen) atoms. The molecule has 1 aromatic carbocycles. The van der Waals surface area contributed by atoms with Gasteiger partial charge in [0.25, 0.3) is 0 Å². The third-order valence-electron chi connectivity index (χ3n) is 3.89. The SMILES string of the molecule is CCN1CCC(CNc2cccc(NC)c2[N+](=O)[O-])C1. The number of para-hydroxylation sites is 1. The largest absolute Gasteiger partial charge is 0.382 e. The minimum absolute atomic E-state index is 0.125. The van der Waals surface area contributed by atoms with Gasteiger partial charge >= 0.3 is 5.69 Å². The van der Waals surface area contributed by atoms with Gasteiger partial charge in [-0.25, -0.2) is 0 Å². The van der Waals surface area contributed by atoms with Crippen molar-refractivity contribution in [2.24, 2.45) is 5.92 Å². The summed E-state index contributed by atoms with van der Waals surface area (Å²) in [6.45, 7) is 6.22. The number of benzene rings is 1. The van der Waals surface area contributed by atoms with Gasteiger partial charge in [0.05, 0.1) is 4.92 Å². The van der Waals surface area contributed by atoms with Crippen LogP contribution in [0.1, 0.15) is 13.3 Å². The maximum Gasteiger partial charge on any atom is 0.315 e. The van der Waals surface area contributed by atoms with E-state index in [1.165, 1.54) is 0 Å². The second-order valence-electron chi connectivity index (χ2n) is 5.14. The lowest BCUT2D eigenvalue weighted by molar-refractivity contribution is -0.383. The van der Waals surface area contributed by atoms with Gasteiger partial charge in [-0.3, -0.25) is 10.1 Å². The average Bonchev–Trinajstić information content (AvgIpc) is 2.92. The van der Waals surface area contributed by atoms with E-state index in [-0.39, 0.29) is 10.6 Å². The maximum atomic E-state index is 11.2. The molecule has 1 atom stereocenters. The van der Waals surface area contributed by atoms with Crippen LogP contribution in [0.5, 0.6) is 0 Å². The number of rotatable bonds is 6. The Morgan fingerprint density at radius 1 is 1.45 bits per heavy atom. The zero-order valence-corrected chi connectivity index (χ0v) is 12.1. The van der Waals surface area contributed by atoms with Crippen LogP contribution in [0.2, 0.25) is 0 Å². The zero-order valence-electron chi connectivity index (χ0n) is 12.1. The van der Waals surface area contributed by atoms with Gasteiger partial charge in [-0.1, -0.05) is 13.0 Å². The monoisotopic (exact) mass is 278 g/mol. The first kappa shape index (κ1) is 14.6. The van der Waals surface area contributed by atoms with Gasteiger partial charge in [0.15, 0.2) is 0 Å². The minimum atomic E-state index is -0.332. The molecule has 2 rings (SSSR count). The van der Waals surface area contributed by atoms with Crippen LogP contribution < -0.4 is 10.6 Å². The van der Waals surface area contributed by atoms with E-state index in [1.807, 2.05) is 6.07 Å². The van der Waals surface area contributed by atoms with Crippen molar-refractivity contribution in [3.05, 3.63) is 28.3 Å². The van der Waals surface area contributed by atoms with Gasteiger partial charge in [-0.2, -0.15) is 0 Å². The molecule has 1 aliphatic heterocycles. The van der Waals surface area contributed by atoms with Crippen molar-refractivity contribution in [1.82, 2.24) is 4.90 Å². The van der Waals surface area contributed by atoms with Crippen molar-refractivity contribution in [1.29, 1.82) is 0 Å². The summed E-state index contributed by atoms with van der Waals surface area (Å²) in [5, 5.41) is 17.3. The van der Waals surface area contributed by atoms with E-state index in [1.54, 1.807) is 19.2 Å². The van der Waals surface area contributed by atoms with Gasteiger partial charge in [0.1, 0.15) is 11.4 Å². The van der Waals surface area contributed by atoms with Crippen LogP contribution >= 0.6 is 0 Å². The molecule has 110 valence electrons. The molecule has 1 unspecified atom stereocenters. The molecule has 1 aliphatic rings. The second-order valence-corrected chi connectivity index (χ2v) is 5.14. The Kier molecular flexibility index (Phi) is 4.79. The molecule has 6 heteroatoms. The summed E-state index contributed by atoms with van der Waals surface area (Å²) < 4.78 is 0. The van der Waals surface area contributed by atoms with Crippen LogP contribution in [0.3, 0.4) is 0 Å². The van der Waals surface area contributed by atoms with Crippen molar-refractivity contribution < 1.29 is 4.92 Å². The highest BCUT2D eigenvalue weighted by Gasteiger charge is 2.23. The number of nitro benzene ring substituents is 1. The summed E-state index contributed by atoms with van der Waals surface area (Å²) in [5.41, 5.74) is 1.26. The normalized spacial score (nSPS) is 19.0. The van der Waals surface area contributed by atoms with Gasteiger partial charge in [0.2, 0.25) is 0 Å². The van der Waals surface area contributed by atoms with Gasteiger partial charge in [0, 0.05) is 20.1 Å². The van der Waals surface area contributed by atoms with Gasteiger partial charge < -0.3 is 15.5 Å². The van der Waals surface area contributed by atoms with Crippen molar-refractivity contribution in [3.63, 3.8) is 0 Å². The lowest BCUT2D eigenvalue weighted by Crippen LogP contribution is -2.22. The molecule has 0 spiro atoms. The number of nitrogens with one attached hydrogen (secondary N) is 2. The molecule has 0 bridgehead atoms. The first-order valence-corrected chi connectivity index (χ1v) is 7.07. The molecule has 0 radical (unpaired) electrons. The molecule has 2 N–H and O–H groups in total. The predicted octanol–water partition coefficient (Wildman–Crippen LogP) is 2.39. The molecule has 0 aliphatic carbocycles. The minimum Gasteiger partial charge on any atom is -0.382 e. The van der Waals surface area contributed by atoms with Crippen LogP contribution in [0.4, 0.5) is 17.1 Å². The molecular weight excluding hydrogens is 256 g/mol. The standard InChI is InChI=1S/C14H22N4O2/c1-3-17-8-7-11(10-17)9-16-13-6-4-5-12(15-2)14(13)18(19)20/h4-6,11,15-16H,3,7-10H2,1-2H3. The Hall–Kier alpha value is -1.82. The Morgan fingerprint density at radius 3 is 2.80 bits per heavy atom. The summed E-state index contributed by atoms with van der Waals surface area (Å²) >= 11 is 0. The van der Waals surface area contributed by atoms with E-state index in [0.29, 0.717) is 17.3 Å². The highest BCUT2D eigenvalue weighted by atomic mass is 16.6. The smallest absolute Gasteiger partial charge is 0.315 e. The molecule has 1 heterocycles. The van der Waals surface area contributed by atoms with E-state index in [9.17, 15) is 10.1 Å². The Balaban J connectivity index is 2.04. The van der Waals surface area contributed by atoms with E-state index < -0.39 is 0 Å². The highest BCUT2D eigenvalue weighted by Crippen LogP contribution is 2.32.